The fourth-order valence-electron chi connectivity index (χ4n) is 2.62. The minimum atomic E-state index is -0.362. The standard InChI is InChI=1S/C18H16O4/c1-11-16(20)14(10-19)18(21-2)13-8-9-15(22-17(11)13)12-6-4-3-5-7-12/h3-9,19H,10H2,1-2H3. The van der Waals surface area contributed by atoms with Crippen molar-refractivity contribution in [2.75, 3.05) is 7.11 Å². The Hall–Kier alpha value is -2.59. The zero-order chi connectivity index (χ0) is 15.7. The first-order valence-electron chi connectivity index (χ1n) is 6.97. The lowest BCUT2D eigenvalue weighted by atomic mass is 9.98. The van der Waals surface area contributed by atoms with Gasteiger partial charge in [-0.3, -0.25) is 4.79 Å². The van der Waals surface area contributed by atoms with E-state index in [1.807, 2.05) is 42.5 Å². The van der Waals surface area contributed by atoms with Crippen molar-refractivity contribution in [2.45, 2.75) is 13.5 Å². The molecule has 0 fully saturated rings. The smallest absolute Gasteiger partial charge is 0.194 e. The third kappa shape index (κ3) is 2.18. The maximum absolute atomic E-state index is 12.3. The van der Waals surface area contributed by atoms with Crippen molar-refractivity contribution in [1.29, 1.82) is 0 Å². The average molecular weight is 296 g/mol. The van der Waals surface area contributed by atoms with Gasteiger partial charge < -0.3 is 14.3 Å². The Morgan fingerprint density at radius 2 is 1.86 bits per heavy atom. The first-order valence-corrected chi connectivity index (χ1v) is 6.97. The minimum absolute atomic E-state index is 0.249. The number of fused-ring (bicyclic) bond motifs is 1. The molecule has 22 heavy (non-hydrogen) atoms. The normalized spacial score (nSPS) is 10.9. The van der Waals surface area contributed by atoms with Crippen LogP contribution in [0.3, 0.4) is 0 Å². The number of rotatable bonds is 3. The Bertz CT molecular complexity index is 834. The van der Waals surface area contributed by atoms with Crippen LogP contribution in [0.5, 0.6) is 5.75 Å². The van der Waals surface area contributed by atoms with Gasteiger partial charge in [0.05, 0.1) is 24.8 Å². The van der Waals surface area contributed by atoms with Gasteiger partial charge in [0.2, 0.25) is 0 Å². The van der Waals surface area contributed by atoms with Gasteiger partial charge in [-0.05, 0) is 19.1 Å². The third-order valence-electron chi connectivity index (χ3n) is 3.75. The molecule has 1 aromatic rings. The molecule has 0 saturated heterocycles. The van der Waals surface area contributed by atoms with Gasteiger partial charge in [-0.15, -0.1) is 0 Å². The summed E-state index contributed by atoms with van der Waals surface area (Å²) in [5, 5.41) is 9.44. The van der Waals surface area contributed by atoms with Crippen molar-refractivity contribution in [3.63, 3.8) is 0 Å². The van der Waals surface area contributed by atoms with Crippen LogP contribution in [0.15, 0.2) is 51.7 Å². The fourth-order valence-corrected chi connectivity index (χ4v) is 2.62. The highest BCUT2D eigenvalue weighted by atomic mass is 16.5. The quantitative estimate of drug-likeness (QED) is 0.806. The third-order valence-corrected chi connectivity index (χ3v) is 3.75. The largest absolute Gasteiger partial charge is 0.495 e. The Kier molecular flexibility index (Phi) is 3.69. The Morgan fingerprint density at radius 3 is 2.50 bits per heavy atom. The summed E-state index contributed by atoms with van der Waals surface area (Å²) in [6.07, 6.45) is 0. The minimum Gasteiger partial charge on any atom is -0.495 e. The SMILES string of the molecule is COc1c2ccc(-c3ccccc3)oc-2c(C)c(=O)c1CO. The summed E-state index contributed by atoms with van der Waals surface area (Å²) >= 11 is 0. The van der Waals surface area contributed by atoms with Crippen LogP contribution in [0.4, 0.5) is 0 Å². The molecule has 1 aromatic carbocycles. The van der Waals surface area contributed by atoms with Gasteiger partial charge in [-0.25, -0.2) is 0 Å². The monoisotopic (exact) mass is 296 g/mol. The van der Waals surface area contributed by atoms with E-state index in [0.717, 1.165) is 5.56 Å². The number of aliphatic hydroxyl groups is 1. The predicted molar refractivity (Wildman–Crippen MR) is 84.2 cm³/mol. The van der Waals surface area contributed by atoms with Crippen molar-refractivity contribution in [3.8, 4) is 28.4 Å². The molecule has 0 bridgehead atoms. The number of hydrogen-bond donors (Lipinski definition) is 1. The molecule has 4 nitrogen and oxygen atoms in total. The summed E-state index contributed by atoms with van der Waals surface area (Å²) in [4.78, 5) is 12.3. The van der Waals surface area contributed by atoms with Crippen molar-refractivity contribution in [1.82, 2.24) is 0 Å². The van der Waals surface area contributed by atoms with E-state index in [0.29, 0.717) is 28.4 Å². The van der Waals surface area contributed by atoms with Crippen LogP contribution in [0.25, 0.3) is 22.6 Å². The molecule has 3 rings (SSSR count). The predicted octanol–water partition coefficient (Wildman–Crippen LogP) is 3.22. The lowest BCUT2D eigenvalue weighted by Crippen LogP contribution is -2.16. The lowest BCUT2D eigenvalue weighted by molar-refractivity contribution is 0.272. The summed E-state index contributed by atoms with van der Waals surface area (Å²) in [6, 6.07) is 13.4. The molecule has 0 atom stereocenters. The second-order valence-electron chi connectivity index (χ2n) is 5.03. The van der Waals surface area contributed by atoms with Gasteiger partial charge in [0, 0.05) is 11.1 Å². The number of ether oxygens (including phenoxy) is 1. The van der Waals surface area contributed by atoms with E-state index in [2.05, 4.69) is 0 Å². The van der Waals surface area contributed by atoms with Crippen LogP contribution in [-0.2, 0) is 6.61 Å². The molecule has 1 heterocycles. The molecule has 0 aromatic heterocycles. The van der Waals surface area contributed by atoms with Crippen molar-refractivity contribution < 1.29 is 14.3 Å². The van der Waals surface area contributed by atoms with Gasteiger partial charge in [0.25, 0.3) is 0 Å². The van der Waals surface area contributed by atoms with Crippen LogP contribution >= 0.6 is 0 Å². The number of methoxy groups -OCH3 is 1. The van der Waals surface area contributed by atoms with Crippen LogP contribution in [0.1, 0.15) is 11.1 Å². The summed E-state index contributed by atoms with van der Waals surface area (Å²) in [6.45, 7) is 1.33. The van der Waals surface area contributed by atoms with Gasteiger partial charge in [-0.1, -0.05) is 30.3 Å². The summed E-state index contributed by atoms with van der Waals surface area (Å²) in [7, 11) is 1.48. The van der Waals surface area contributed by atoms with E-state index in [4.69, 9.17) is 9.15 Å². The molecular formula is C18H16O4. The summed E-state index contributed by atoms with van der Waals surface area (Å²) < 4.78 is 11.3. The van der Waals surface area contributed by atoms with Gasteiger partial charge in [0.1, 0.15) is 17.3 Å². The van der Waals surface area contributed by atoms with E-state index in [1.54, 1.807) is 6.92 Å². The molecule has 4 heteroatoms. The Morgan fingerprint density at radius 1 is 1.14 bits per heavy atom. The maximum Gasteiger partial charge on any atom is 0.194 e. The molecule has 2 aliphatic rings. The molecule has 1 aliphatic heterocycles. The molecular weight excluding hydrogens is 280 g/mol. The van der Waals surface area contributed by atoms with Crippen molar-refractivity contribution >= 4 is 0 Å². The molecule has 1 aliphatic carbocycles. The Balaban J connectivity index is 2.32. The highest BCUT2D eigenvalue weighted by Gasteiger charge is 2.23. The van der Waals surface area contributed by atoms with E-state index >= 15 is 0 Å². The zero-order valence-electron chi connectivity index (χ0n) is 12.4. The molecule has 0 radical (unpaired) electrons. The fraction of sp³-hybridized carbons (Fsp3) is 0.167. The van der Waals surface area contributed by atoms with Crippen molar-refractivity contribution in [3.05, 3.63) is 63.8 Å². The lowest BCUT2D eigenvalue weighted by Gasteiger charge is -2.16. The van der Waals surface area contributed by atoms with Crippen LogP contribution < -0.4 is 10.2 Å². The number of aliphatic hydroxyl groups excluding tert-OH is 1. The second kappa shape index (κ2) is 5.66. The summed E-state index contributed by atoms with van der Waals surface area (Å²) in [5.74, 6) is 1.53. The number of hydrogen-bond acceptors (Lipinski definition) is 4. The first-order chi connectivity index (χ1) is 10.7. The highest BCUT2D eigenvalue weighted by molar-refractivity contribution is 5.74. The summed E-state index contributed by atoms with van der Waals surface area (Å²) in [5.41, 5.74) is 2.10. The zero-order valence-corrected chi connectivity index (χ0v) is 12.4. The van der Waals surface area contributed by atoms with Gasteiger partial charge in [0.15, 0.2) is 5.43 Å². The Labute approximate surface area is 127 Å². The molecule has 0 saturated carbocycles. The topological polar surface area (TPSA) is 59.7 Å². The number of benzene rings is 2. The van der Waals surface area contributed by atoms with E-state index in [1.165, 1.54) is 7.11 Å². The van der Waals surface area contributed by atoms with Gasteiger partial charge in [-0.2, -0.15) is 0 Å². The average Bonchev–Trinajstić information content (AvgIpc) is 2.58. The van der Waals surface area contributed by atoms with E-state index < -0.39 is 0 Å². The molecule has 112 valence electrons. The molecule has 1 N–H and O–H groups in total. The van der Waals surface area contributed by atoms with Crippen LogP contribution in [0, 0.1) is 6.92 Å². The van der Waals surface area contributed by atoms with Crippen molar-refractivity contribution in [2.24, 2.45) is 0 Å². The second-order valence-corrected chi connectivity index (χ2v) is 5.03. The van der Waals surface area contributed by atoms with E-state index in [9.17, 15) is 9.90 Å². The first kappa shape index (κ1) is 14.4. The molecule has 0 spiro atoms. The van der Waals surface area contributed by atoms with Crippen LogP contribution in [0.2, 0.25) is 0 Å². The van der Waals surface area contributed by atoms with Crippen LogP contribution in [-0.4, -0.2) is 12.2 Å². The highest BCUT2D eigenvalue weighted by Crippen LogP contribution is 2.37. The molecule has 0 unspecified atom stereocenters. The van der Waals surface area contributed by atoms with Gasteiger partial charge >= 0.3 is 0 Å². The maximum atomic E-state index is 12.3. The van der Waals surface area contributed by atoms with E-state index in [-0.39, 0.29) is 17.6 Å². The molecule has 0 amide bonds.